The number of hydrogen-bond donors (Lipinski definition) is 2. The van der Waals surface area contributed by atoms with E-state index in [2.05, 4.69) is 20.6 Å². The minimum absolute atomic E-state index is 0. The molecule has 3 rings (SSSR count). The van der Waals surface area contributed by atoms with Crippen molar-refractivity contribution in [1.29, 1.82) is 0 Å². The molecule has 0 saturated carbocycles. The van der Waals surface area contributed by atoms with E-state index in [0.717, 1.165) is 17.0 Å². The molecule has 0 aliphatic carbocycles. The van der Waals surface area contributed by atoms with Gasteiger partial charge in [0.1, 0.15) is 11.6 Å². The van der Waals surface area contributed by atoms with Crippen LogP contribution in [0.25, 0.3) is 5.69 Å². The van der Waals surface area contributed by atoms with Crippen molar-refractivity contribution >= 4 is 41.5 Å². The second-order valence-electron chi connectivity index (χ2n) is 6.04. The third kappa shape index (κ3) is 5.68. The van der Waals surface area contributed by atoms with Crippen molar-refractivity contribution in [1.82, 2.24) is 20.2 Å². The molecule has 5 nitrogen and oxygen atoms in total. The molecule has 8 heteroatoms. The van der Waals surface area contributed by atoms with Gasteiger partial charge in [-0.25, -0.2) is 9.37 Å². The molecule has 0 spiro atoms. The molecular weight excluding hydrogens is 492 g/mol. The number of imidazole rings is 1. The zero-order chi connectivity index (χ0) is 19.2. The lowest BCUT2D eigenvalue weighted by Gasteiger charge is -2.13. The standard InChI is InChI=1S/C20H21ClFN5.HI/c1-14-24-9-10-27(14)19-8-5-16(11-18(19)22)13-26-20(23-2)25-12-15-3-6-17(21)7-4-15;/h3-11H,12-13H2,1-2H3,(H2,23,25,26);1H. The molecule has 0 amide bonds. The third-order valence-corrected chi connectivity index (χ3v) is 4.41. The fraction of sp³-hybridized carbons (Fsp3) is 0.200. The van der Waals surface area contributed by atoms with Crippen LogP contribution in [0.1, 0.15) is 17.0 Å². The number of benzene rings is 2. The van der Waals surface area contributed by atoms with Gasteiger partial charge in [-0.15, -0.1) is 24.0 Å². The Bertz CT molecular complexity index is 940. The van der Waals surface area contributed by atoms with Crippen LogP contribution in [-0.2, 0) is 13.1 Å². The van der Waals surface area contributed by atoms with Crippen molar-refractivity contribution in [2.24, 2.45) is 4.99 Å². The van der Waals surface area contributed by atoms with Crippen LogP contribution in [0, 0.1) is 12.7 Å². The maximum atomic E-state index is 14.5. The summed E-state index contributed by atoms with van der Waals surface area (Å²) in [6.45, 7) is 2.91. The number of rotatable bonds is 5. The molecule has 1 heterocycles. The van der Waals surface area contributed by atoms with E-state index in [4.69, 9.17) is 11.6 Å². The molecular formula is C20H22ClFIN5. The van der Waals surface area contributed by atoms with Crippen LogP contribution in [0.3, 0.4) is 0 Å². The molecule has 0 bridgehead atoms. The maximum absolute atomic E-state index is 14.5. The van der Waals surface area contributed by atoms with Crippen LogP contribution in [0.5, 0.6) is 0 Å². The van der Waals surface area contributed by atoms with E-state index in [9.17, 15) is 4.39 Å². The average molecular weight is 514 g/mol. The van der Waals surface area contributed by atoms with Gasteiger partial charge >= 0.3 is 0 Å². The van der Waals surface area contributed by atoms with Crippen LogP contribution < -0.4 is 10.6 Å². The predicted octanol–water partition coefficient (Wildman–Crippen LogP) is 4.46. The van der Waals surface area contributed by atoms with Crippen LogP contribution in [0.4, 0.5) is 4.39 Å². The molecule has 2 N–H and O–H groups in total. The summed E-state index contributed by atoms with van der Waals surface area (Å²) in [4.78, 5) is 8.32. The molecule has 0 aliphatic heterocycles. The topological polar surface area (TPSA) is 54.2 Å². The minimum Gasteiger partial charge on any atom is -0.352 e. The number of hydrogen-bond acceptors (Lipinski definition) is 2. The molecule has 0 radical (unpaired) electrons. The zero-order valence-corrected chi connectivity index (χ0v) is 18.7. The highest BCUT2D eigenvalue weighted by molar-refractivity contribution is 14.0. The fourth-order valence-electron chi connectivity index (χ4n) is 2.68. The Morgan fingerprint density at radius 3 is 2.32 bits per heavy atom. The summed E-state index contributed by atoms with van der Waals surface area (Å²) in [5.74, 6) is 1.09. The first kappa shape index (κ1) is 22.2. The first-order chi connectivity index (χ1) is 13.1. The highest BCUT2D eigenvalue weighted by Gasteiger charge is 2.08. The first-order valence-electron chi connectivity index (χ1n) is 8.54. The summed E-state index contributed by atoms with van der Waals surface area (Å²) in [6, 6.07) is 12.8. The van der Waals surface area contributed by atoms with Gasteiger partial charge in [0.2, 0.25) is 0 Å². The van der Waals surface area contributed by atoms with Gasteiger partial charge in [0.25, 0.3) is 0 Å². The summed E-state index contributed by atoms with van der Waals surface area (Å²) in [5.41, 5.74) is 2.40. The van der Waals surface area contributed by atoms with Gasteiger partial charge in [-0.2, -0.15) is 0 Å². The molecule has 0 fully saturated rings. The van der Waals surface area contributed by atoms with Crippen molar-refractivity contribution in [3.8, 4) is 5.69 Å². The Kier molecular flexibility index (Phi) is 8.25. The van der Waals surface area contributed by atoms with Crippen LogP contribution in [0.2, 0.25) is 5.02 Å². The van der Waals surface area contributed by atoms with Gasteiger partial charge in [0.05, 0.1) is 5.69 Å². The molecule has 2 aromatic carbocycles. The number of aryl methyl sites for hydroxylation is 1. The number of aromatic nitrogens is 2. The summed E-state index contributed by atoms with van der Waals surface area (Å²) in [6.07, 6.45) is 3.40. The van der Waals surface area contributed by atoms with E-state index in [-0.39, 0.29) is 29.8 Å². The van der Waals surface area contributed by atoms with Crippen LogP contribution >= 0.6 is 35.6 Å². The van der Waals surface area contributed by atoms with Gasteiger partial charge in [0, 0.05) is 37.6 Å². The lowest BCUT2D eigenvalue weighted by molar-refractivity contribution is 0.613. The second kappa shape index (κ2) is 10.4. The number of nitrogens with zero attached hydrogens (tertiary/aromatic N) is 3. The normalized spacial score (nSPS) is 11.1. The van der Waals surface area contributed by atoms with Gasteiger partial charge in [-0.1, -0.05) is 29.8 Å². The molecule has 148 valence electrons. The van der Waals surface area contributed by atoms with Gasteiger partial charge in [-0.3, -0.25) is 4.99 Å². The monoisotopic (exact) mass is 513 g/mol. The predicted molar refractivity (Wildman–Crippen MR) is 122 cm³/mol. The average Bonchev–Trinajstić information content (AvgIpc) is 3.09. The number of aliphatic imine (C=N–C) groups is 1. The third-order valence-electron chi connectivity index (χ3n) is 4.15. The second-order valence-corrected chi connectivity index (χ2v) is 6.47. The van der Waals surface area contributed by atoms with Gasteiger partial charge < -0.3 is 15.2 Å². The van der Waals surface area contributed by atoms with E-state index >= 15 is 0 Å². The van der Waals surface area contributed by atoms with Crippen LogP contribution in [-0.4, -0.2) is 22.6 Å². The Morgan fingerprint density at radius 2 is 1.75 bits per heavy atom. The number of nitrogens with one attached hydrogen (secondary N) is 2. The summed E-state index contributed by atoms with van der Waals surface area (Å²) >= 11 is 5.89. The largest absolute Gasteiger partial charge is 0.352 e. The zero-order valence-electron chi connectivity index (χ0n) is 15.6. The van der Waals surface area contributed by atoms with E-state index in [1.54, 1.807) is 30.1 Å². The molecule has 0 unspecified atom stereocenters. The Morgan fingerprint density at radius 1 is 1.11 bits per heavy atom. The highest BCUT2D eigenvalue weighted by Crippen LogP contribution is 2.16. The van der Waals surface area contributed by atoms with Gasteiger partial charge in [-0.05, 0) is 42.3 Å². The smallest absolute Gasteiger partial charge is 0.191 e. The van der Waals surface area contributed by atoms with Crippen LogP contribution in [0.15, 0.2) is 59.9 Å². The quantitative estimate of drug-likeness (QED) is 0.301. The minimum atomic E-state index is -0.292. The lowest BCUT2D eigenvalue weighted by Crippen LogP contribution is -2.36. The summed E-state index contributed by atoms with van der Waals surface area (Å²) < 4.78 is 16.2. The van der Waals surface area contributed by atoms with E-state index in [0.29, 0.717) is 29.8 Å². The number of guanidine groups is 1. The molecule has 3 aromatic rings. The molecule has 1 aromatic heterocycles. The molecule has 0 saturated heterocycles. The Hall–Kier alpha value is -2.13. The lowest BCUT2D eigenvalue weighted by atomic mass is 10.2. The summed E-state index contributed by atoms with van der Waals surface area (Å²) in [5, 5.41) is 7.11. The molecule has 0 aliphatic rings. The first-order valence-corrected chi connectivity index (χ1v) is 8.92. The Labute approximate surface area is 186 Å². The fourth-order valence-corrected chi connectivity index (χ4v) is 2.81. The van der Waals surface area contributed by atoms with E-state index in [1.807, 2.05) is 37.3 Å². The Balaban J connectivity index is 0.00000280. The van der Waals surface area contributed by atoms with Crippen molar-refractivity contribution in [3.63, 3.8) is 0 Å². The maximum Gasteiger partial charge on any atom is 0.191 e. The van der Waals surface area contributed by atoms with Crippen molar-refractivity contribution in [2.75, 3.05) is 7.05 Å². The summed E-state index contributed by atoms with van der Waals surface area (Å²) in [7, 11) is 1.70. The van der Waals surface area contributed by atoms with Crippen molar-refractivity contribution in [2.45, 2.75) is 20.0 Å². The van der Waals surface area contributed by atoms with Crippen molar-refractivity contribution < 1.29 is 4.39 Å². The SMILES string of the molecule is CN=C(NCc1ccc(Cl)cc1)NCc1ccc(-n2ccnc2C)c(F)c1.I. The van der Waals surface area contributed by atoms with E-state index < -0.39 is 0 Å². The molecule has 0 atom stereocenters. The number of halogens is 3. The highest BCUT2D eigenvalue weighted by atomic mass is 127. The van der Waals surface area contributed by atoms with Crippen molar-refractivity contribution in [3.05, 3.63) is 82.6 Å². The molecule has 28 heavy (non-hydrogen) atoms. The van der Waals surface area contributed by atoms with Gasteiger partial charge in [0.15, 0.2) is 5.96 Å². The van der Waals surface area contributed by atoms with E-state index in [1.165, 1.54) is 6.07 Å².